The number of hydrogen-bond donors (Lipinski definition) is 4. The molecule has 4 N–H and O–H groups in total. The van der Waals surface area contributed by atoms with E-state index < -0.39 is 0 Å². The quantitative estimate of drug-likeness (QED) is 0.0656. The molecule has 7 aromatic carbocycles. The average molecular weight is 1660 g/mol. The molecule has 0 fully saturated rings. The van der Waals surface area contributed by atoms with Crippen molar-refractivity contribution < 1.29 is 17.6 Å². The number of aromatic nitrogens is 19. The summed E-state index contributed by atoms with van der Waals surface area (Å²) < 4.78 is 64.3. The highest BCUT2D eigenvalue weighted by molar-refractivity contribution is 5.98. The lowest BCUT2D eigenvalue weighted by molar-refractivity contribution is 0.441. The van der Waals surface area contributed by atoms with Crippen molar-refractivity contribution in [1.29, 1.82) is 0 Å². The number of rotatable bonds is 16. The molecule has 0 unspecified atom stereocenters. The van der Waals surface area contributed by atoms with Crippen molar-refractivity contribution in [2.24, 2.45) is 28.7 Å². The van der Waals surface area contributed by atoms with E-state index in [-0.39, 0.29) is 44.9 Å². The second kappa shape index (κ2) is 34.4. The van der Waals surface area contributed by atoms with Crippen LogP contribution in [0.1, 0.15) is 83.1 Å². The molecule has 624 valence electrons. The minimum Gasteiger partial charge on any atom is -0.354 e. The summed E-state index contributed by atoms with van der Waals surface area (Å²) in [4.78, 5) is 56.1. The predicted molar refractivity (Wildman–Crippen MR) is 485 cm³/mol. The summed E-state index contributed by atoms with van der Waals surface area (Å²) in [5.41, 5.74) is 16.5. The van der Waals surface area contributed by atoms with Gasteiger partial charge in [-0.15, -0.1) is 5.10 Å². The third-order valence-electron chi connectivity index (χ3n) is 20.1. The minimum absolute atomic E-state index is 0.0948. The summed E-state index contributed by atoms with van der Waals surface area (Å²) in [6.07, 6.45) is 14.4. The van der Waals surface area contributed by atoms with Gasteiger partial charge in [-0.3, -0.25) is 17.6 Å². The van der Waals surface area contributed by atoms with E-state index in [4.69, 9.17) is 29.9 Å². The second-order valence-corrected chi connectivity index (χ2v) is 35.1. The van der Waals surface area contributed by atoms with Crippen LogP contribution in [0.2, 0.25) is 0 Å². The number of anilines is 4. The van der Waals surface area contributed by atoms with Gasteiger partial charge in [0.2, 0.25) is 29.6 Å². The standard InChI is InChI=1S/2C26H24FN5.C25H25FN6.C20H20FN7/c1-26(2,3)16-29-25-28-14-12-21(30-25)23-22(18-8-10-19(27)11-9-18)31-24-20-7-5-4-6-17(20)13-15-32(23)24;1-26(2,3)16-29-25-28-13-12-21(30-25)24-23(17-8-10-20(27)11-9-17)31-22-14-18-6-4-5-7-19(18)15-32(22)24;1-25(2,3)15-28-23-27-14-13-18(29-23)22-21(16-9-11-17(26)12-10-16)30-24-31(4)19-7-5-6-8-20(19)32(22)24;1-20(2,3)12-23-18-22-9-8-15(25-18)17-16(13-4-6-14(21)7-5-13)26-19-27-24-10-11-28(17)19/h2*4-15H,16H2,1-3H3,(H,28,29,30);5-14H,15H2,1-4H3,(H,27,28,29);4-11H,12H2,1-3H3,(H,22,23,25). The molecule has 27 heteroatoms. The Kier molecular flexibility index (Phi) is 23.0. The summed E-state index contributed by atoms with van der Waals surface area (Å²) in [6.45, 7) is 28.8. The maximum absolute atomic E-state index is 13.6. The molecular weight excluding hydrogens is 1560 g/mol. The molecule has 124 heavy (non-hydrogen) atoms. The number of benzene rings is 7. The number of aryl methyl sites for hydroxylation is 1. The smallest absolute Gasteiger partial charge is 0.254 e. The van der Waals surface area contributed by atoms with Crippen LogP contribution in [0.25, 0.3) is 146 Å². The monoisotopic (exact) mass is 1660 g/mol. The Bertz CT molecular complexity index is 6980. The highest BCUT2D eigenvalue weighted by Gasteiger charge is 2.27. The fourth-order valence-corrected chi connectivity index (χ4v) is 14.1. The Morgan fingerprint density at radius 3 is 1.17 bits per heavy atom. The summed E-state index contributed by atoms with van der Waals surface area (Å²) >= 11 is 0. The molecule has 0 aliphatic heterocycles. The lowest BCUT2D eigenvalue weighted by Crippen LogP contribution is -2.20. The van der Waals surface area contributed by atoms with Crippen molar-refractivity contribution in [2.45, 2.75) is 83.1 Å². The maximum atomic E-state index is 13.6. The maximum Gasteiger partial charge on any atom is 0.254 e. The first-order valence-corrected chi connectivity index (χ1v) is 40.8. The van der Waals surface area contributed by atoms with Gasteiger partial charge in [-0.1, -0.05) is 144 Å². The summed E-state index contributed by atoms with van der Waals surface area (Å²) in [7, 11) is 2.00. The Hall–Kier alpha value is -14.8. The van der Waals surface area contributed by atoms with E-state index in [0.29, 0.717) is 41.0 Å². The first-order valence-electron chi connectivity index (χ1n) is 40.8. The van der Waals surface area contributed by atoms with Crippen molar-refractivity contribution in [1.82, 2.24) is 92.2 Å². The molecule has 0 saturated carbocycles. The van der Waals surface area contributed by atoms with E-state index in [2.05, 4.69) is 217 Å². The van der Waals surface area contributed by atoms with E-state index >= 15 is 0 Å². The number of nitrogens with zero attached hydrogens (tertiary/aromatic N) is 19. The lowest BCUT2D eigenvalue weighted by atomic mass is 9.97. The van der Waals surface area contributed by atoms with E-state index in [9.17, 15) is 17.6 Å². The predicted octanol–water partition coefficient (Wildman–Crippen LogP) is 21.8. The van der Waals surface area contributed by atoms with Crippen molar-refractivity contribution in [3.8, 4) is 90.6 Å². The number of para-hydroxylation sites is 2. The van der Waals surface area contributed by atoms with Crippen molar-refractivity contribution in [2.75, 3.05) is 47.4 Å². The van der Waals surface area contributed by atoms with E-state index in [1.165, 1.54) is 48.5 Å². The Balaban J connectivity index is 0.000000122. The fourth-order valence-electron chi connectivity index (χ4n) is 14.1. The molecule has 0 radical (unpaired) electrons. The zero-order chi connectivity index (χ0) is 86.8. The van der Waals surface area contributed by atoms with Gasteiger partial charge in [0.05, 0.1) is 62.8 Å². The van der Waals surface area contributed by atoms with Crippen molar-refractivity contribution in [3.63, 3.8) is 0 Å². The number of nitrogens with one attached hydrogen (secondary N) is 4. The average Bonchev–Trinajstić information content (AvgIpc) is 1.55. The van der Waals surface area contributed by atoms with Gasteiger partial charge in [0, 0.05) is 104 Å². The summed E-state index contributed by atoms with van der Waals surface area (Å²) in [5, 5.41) is 25.6. The molecule has 23 nitrogen and oxygen atoms in total. The lowest BCUT2D eigenvalue weighted by Gasteiger charge is -2.18. The van der Waals surface area contributed by atoms with E-state index in [1.807, 2.05) is 78.3 Å². The number of halogens is 4. The van der Waals surface area contributed by atoms with Gasteiger partial charge >= 0.3 is 0 Å². The topological polar surface area (TPSA) is 251 Å². The zero-order valence-corrected chi connectivity index (χ0v) is 71.1. The molecule has 0 saturated heterocycles. The largest absolute Gasteiger partial charge is 0.354 e. The SMILES string of the molecule is CC(C)(C)CNc1nccc(-c2c(-c3ccc(F)cc3)nc3c4ccccc4ccn23)n1.CC(C)(C)CNc1nccc(-c2c(-c3ccc(F)cc3)nc3cc4ccccc4cn23)n1.CC(C)(C)CNc1nccc(-c2c(-c3ccc(F)cc3)nc3nnccn23)n1.Cn1c2ccccc2n2c(-c3ccnc(NCC(C)(C)C)n3)c(-c3ccc(F)cc3)nc12. The molecule has 0 spiro atoms. The number of hydrogen-bond acceptors (Lipinski definition) is 18. The minimum atomic E-state index is -0.301. The number of fused-ring (bicyclic) bond motifs is 9. The molecule has 19 aromatic rings. The molecule has 12 heterocycles. The number of pyridine rings is 2. The highest BCUT2D eigenvalue weighted by atomic mass is 19.1. The highest BCUT2D eigenvalue weighted by Crippen LogP contribution is 2.40. The van der Waals surface area contributed by atoms with Crippen molar-refractivity contribution >= 4 is 79.2 Å². The van der Waals surface area contributed by atoms with Crippen LogP contribution in [0.4, 0.5) is 41.4 Å². The van der Waals surface area contributed by atoms with Crippen LogP contribution in [0.3, 0.4) is 0 Å². The van der Waals surface area contributed by atoms with Gasteiger partial charge in [0.15, 0.2) is 0 Å². The van der Waals surface area contributed by atoms with Crippen LogP contribution in [0, 0.1) is 44.9 Å². The van der Waals surface area contributed by atoms with Crippen LogP contribution >= 0.6 is 0 Å². The third-order valence-corrected chi connectivity index (χ3v) is 20.1. The molecule has 19 rings (SSSR count). The van der Waals surface area contributed by atoms with E-state index in [0.717, 1.165) is 155 Å². The van der Waals surface area contributed by atoms with Gasteiger partial charge in [-0.2, -0.15) is 5.10 Å². The molecular formula is C97H93F4N23. The van der Waals surface area contributed by atoms with Crippen molar-refractivity contribution in [3.05, 3.63) is 279 Å². The zero-order valence-electron chi connectivity index (χ0n) is 71.1. The molecule has 0 atom stereocenters. The van der Waals surface area contributed by atoms with Gasteiger partial charge in [0.25, 0.3) is 5.78 Å². The third kappa shape index (κ3) is 18.7. The molecule has 0 aliphatic rings. The first-order chi connectivity index (χ1) is 59.5. The number of imidazole rings is 5. The van der Waals surface area contributed by atoms with Crippen LogP contribution < -0.4 is 21.3 Å². The van der Waals surface area contributed by atoms with Gasteiger partial charge in [0.1, 0.15) is 57.3 Å². The van der Waals surface area contributed by atoms with Crippen LogP contribution in [-0.4, -0.2) is 118 Å². The molecule has 0 aliphatic carbocycles. The Morgan fingerprint density at radius 1 is 0.331 bits per heavy atom. The molecule has 0 bridgehead atoms. The van der Waals surface area contributed by atoms with Gasteiger partial charge < -0.3 is 25.8 Å². The van der Waals surface area contributed by atoms with Gasteiger partial charge in [-0.25, -0.2) is 77.4 Å². The second-order valence-electron chi connectivity index (χ2n) is 35.1. The molecule has 12 aromatic heterocycles. The summed E-state index contributed by atoms with van der Waals surface area (Å²) in [5.74, 6) is 2.34. The molecule has 0 amide bonds. The van der Waals surface area contributed by atoms with Crippen LogP contribution in [-0.2, 0) is 7.05 Å². The fraction of sp³-hybridized carbons (Fsp3) is 0.216. The summed E-state index contributed by atoms with van der Waals surface area (Å²) in [6, 6.07) is 61.5. The Morgan fingerprint density at radius 2 is 0.710 bits per heavy atom. The van der Waals surface area contributed by atoms with Crippen LogP contribution in [0.5, 0.6) is 0 Å². The van der Waals surface area contributed by atoms with E-state index in [1.54, 1.807) is 85.7 Å². The normalized spacial score (nSPS) is 11.9. The van der Waals surface area contributed by atoms with Gasteiger partial charge in [-0.05, 0) is 183 Å². The first kappa shape index (κ1) is 82.9. The Labute approximate surface area is 714 Å². The van der Waals surface area contributed by atoms with Crippen LogP contribution in [0.15, 0.2) is 256 Å².